The molecule has 0 spiro atoms. The van der Waals surface area contributed by atoms with Crippen LogP contribution in [-0.2, 0) is 9.53 Å². The largest absolute Gasteiger partial charge is 0.494 e. The van der Waals surface area contributed by atoms with Gasteiger partial charge in [-0.15, -0.1) is 12.4 Å². The second kappa shape index (κ2) is 11.4. The molecule has 2 aromatic carbocycles. The van der Waals surface area contributed by atoms with Gasteiger partial charge in [-0.25, -0.2) is 0 Å². The van der Waals surface area contributed by atoms with Gasteiger partial charge in [0.2, 0.25) is 5.91 Å². The van der Waals surface area contributed by atoms with Crippen LogP contribution < -0.4 is 25.4 Å². The van der Waals surface area contributed by atoms with Gasteiger partial charge in [-0.3, -0.25) is 9.59 Å². The van der Waals surface area contributed by atoms with E-state index in [1.807, 2.05) is 6.07 Å². The van der Waals surface area contributed by atoms with E-state index in [1.54, 1.807) is 36.4 Å². The van der Waals surface area contributed by atoms with Crippen molar-refractivity contribution in [2.45, 2.75) is 12.5 Å². The SMILES string of the molecule is COc1cc(NC(=O)c2ccccc2)c(OC)cc1NC(=O)CC1COCCN1.Cl. The first-order valence-electron chi connectivity index (χ1n) is 9.34. The molecule has 0 aliphatic carbocycles. The zero-order valence-corrected chi connectivity index (χ0v) is 17.7. The highest BCUT2D eigenvalue weighted by molar-refractivity contribution is 6.05. The van der Waals surface area contributed by atoms with Crippen LogP contribution in [0.1, 0.15) is 16.8 Å². The van der Waals surface area contributed by atoms with Crippen LogP contribution >= 0.6 is 12.4 Å². The van der Waals surface area contributed by atoms with Crippen LogP contribution in [0.4, 0.5) is 11.4 Å². The molecule has 0 radical (unpaired) electrons. The van der Waals surface area contributed by atoms with Crippen LogP contribution in [0.25, 0.3) is 0 Å². The Morgan fingerprint density at radius 2 is 1.70 bits per heavy atom. The van der Waals surface area contributed by atoms with Crippen molar-refractivity contribution < 1.29 is 23.8 Å². The van der Waals surface area contributed by atoms with Crippen LogP contribution in [-0.4, -0.2) is 51.8 Å². The number of anilines is 2. The van der Waals surface area contributed by atoms with Crippen molar-refractivity contribution in [1.29, 1.82) is 0 Å². The summed E-state index contributed by atoms with van der Waals surface area (Å²) >= 11 is 0. The maximum Gasteiger partial charge on any atom is 0.255 e. The normalized spacial score (nSPS) is 15.5. The van der Waals surface area contributed by atoms with Crippen molar-refractivity contribution >= 4 is 35.6 Å². The molecule has 0 aromatic heterocycles. The lowest BCUT2D eigenvalue weighted by atomic mass is 10.1. The van der Waals surface area contributed by atoms with Gasteiger partial charge >= 0.3 is 0 Å². The molecule has 1 atom stereocenters. The van der Waals surface area contributed by atoms with E-state index in [1.165, 1.54) is 14.2 Å². The minimum absolute atomic E-state index is 0. The molecule has 1 heterocycles. The molecule has 3 N–H and O–H groups in total. The first-order valence-corrected chi connectivity index (χ1v) is 9.34. The monoisotopic (exact) mass is 435 g/mol. The van der Waals surface area contributed by atoms with Crippen molar-refractivity contribution in [1.82, 2.24) is 5.32 Å². The average Bonchev–Trinajstić information content (AvgIpc) is 2.75. The number of carbonyl (C=O) groups excluding carboxylic acids is 2. The lowest BCUT2D eigenvalue weighted by Crippen LogP contribution is -2.43. The summed E-state index contributed by atoms with van der Waals surface area (Å²) in [6.07, 6.45) is 0.276. The average molecular weight is 436 g/mol. The Balaban J connectivity index is 0.00000320. The van der Waals surface area contributed by atoms with E-state index in [-0.39, 0.29) is 36.7 Å². The van der Waals surface area contributed by atoms with Crippen molar-refractivity contribution in [2.24, 2.45) is 0 Å². The molecule has 1 fully saturated rings. The number of ether oxygens (including phenoxy) is 3. The van der Waals surface area contributed by atoms with Gasteiger partial charge in [0, 0.05) is 36.7 Å². The first kappa shape index (κ1) is 23.5. The van der Waals surface area contributed by atoms with Crippen molar-refractivity contribution in [2.75, 3.05) is 44.6 Å². The van der Waals surface area contributed by atoms with Gasteiger partial charge in [0.05, 0.1) is 38.8 Å². The standard InChI is InChI=1S/C21H25N3O5.ClH/c1-27-18-12-17(24-21(26)14-6-4-3-5-7-14)19(28-2)11-16(18)23-20(25)10-15-13-29-9-8-22-15;/h3-7,11-12,15,22H,8-10,13H2,1-2H3,(H,23,25)(H,24,26);1H. The van der Waals surface area contributed by atoms with E-state index in [0.29, 0.717) is 41.7 Å². The number of carbonyl (C=O) groups is 2. The second-order valence-corrected chi connectivity index (χ2v) is 6.55. The molecule has 9 heteroatoms. The molecule has 0 saturated carbocycles. The van der Waals surface area contributed by atoms with E-state index in [9.17, 15) is 9.59 Å². The third-order valence-corrected chi connectivity index (χ3v) is 4.51. The minimum Gasteiger partial charge on any atom is -0.494 e. The molecule has 2 amide bonds. The lowest BCUT2D eigenvalue weighted by molar-refractivity contribution is -0.117. The summed E-state index contributed by atoms with van der Waals surface area (Å²) < 4.78 is 16.2. The molecule has 162 valence electrons. The Morgan fingerprint density at radius 1 is 1.07 bits per heavy atom. The Kier molecular flexibility index (Phi) is 8.91. The maximum atomic E-state index is 12.5. The summed E-state index contributed by atoms with van der Waals surface area (Å²) in [5.41, 5.74) is 1.43. The summed E-state index contributed by atoms with van der Waals surface area (Å²) in [5.74, 6) is 0.375. The number of rotatable bonds is 7. The van der Waals surface area contributed by atoms with Gasteiger partial charge < -0.3 is 30.2 Å². The predicted molar refractivity (Wildman–Crippen MR) is 117 cm³/mol. The predicted octanol–water partition coefficient (Wildman–Crippen LogP) is 2.69. The van der Waals surface area contributed by atoms with Crippen molar-refractivity contribution in [3.05, 3.63) is 48.0 Å². The Labute approximate surface area is 181 Å². The van der Waals surface area contributed by atoms with Gasteiger partial charge in [-0.2, -0.15) is 0 Å². The highest BCUT2D eigenvalue weighted by Crippen LogP contribution is 2.36. The number of morpholine rings is 1. The molecule has 30 heavy (non-hydrogen) atoms. The third-order valence-electron chi connectivity index (χ3n) is 4.51. The number of methoxy groups -OCH3 is 2. The fraction of sp³-hybridized carbons (Fsp3) is 0.333. The Morgan fingerprint density at radius 3 is 2.27 bits per heavy atom. The van der Waals surface area contributed by atoms with Crippen LogP contribution in [0.15, 0.2) is 42.5 Å². The van der Waals surface area contributed by atoms with Crippen LogP contribution in [0.3, 0.4) is 0 Å². The van der Waals surface area contributed by atoms with E-state index in [2.05, 4.69) is 16.0 Å². The second-order valence-electron chi connectivity index (χ2n) is 6.55. The zero-order valence-electron chi connectivity index (χ0n) is 16.9. The van der Waals surface area contributed by atoms with Gasteiger partial charge in [-0.1, -0.05) is 18.2 Å². The highest BCUT2D eigenvalue weighted by Gasteiger charge is 2.20. The zero-order chi connectivity index (χ0) is 20.6. The smallest absolute Gasteiger partial charge is 0.255 e. The summed E-state index contributed by atoms with van der Waals surface area (Å²) in [7, 11) is 2.99. The molecule has 2 aromatic rings. The van der Waals surface area contributed by atoms with Crippen LogP contribution in [0, 0.1) is 0 Å². The third kappa shape index (κ3) is 6.09. The lowest BCUT2D eigenvalue weighted by Gasteiger charge is -2.23. The molecular formula is C21H26ClN3O5. The van der Waals surface area contributed by atoms with Crippen LogP contribution in [0.2, 0.25) is 0 Å². The number of hydrogen-bond acceptors (Lipinski definition) is 6. The first-order chi connectivity index (χ1) is 14.1. The number of nitrogens with one attached hydrogen (secondary N) is 3. The fourth-order valence-corrected chi connectivity index (χ4v) is 3.05. The number of hydrogen-bond donors (Lipinski definition) is 3. The number of halogens is 1. The highest BCUT2D eigenvalue weighted by atomic mass is 35.5. The van der Waals surface area contributed by atoms with E-state index in [4.69, 9.17) is 14.2 Å². The van der Waals surface area contributed by atoms with E-state index in [0.717, 1.165) is 6.54 Å². The molecule has 3 rings (SSSR count). The molecule has 1 aliphatic rings. The van der Waals surface area contributed by atoms with Crippen molar-refractivity contribution in [3.8, 4) is 11.5 Å². The van der Waals surface area contributed by atoms with Crippen molar-refractivity contribution in [3.63, 3.8) is 0 Å². The topological polar surface area (TPSA) is 97.9 Å². The van der Waals surface area contributed by atoms with Gasteiger partial charge in [0.1, 0.15) is 11.5 Å². The summed E-state index contributed by atoms with van der Waals surface area (Å²) in [6, 6.07) is 12.1. The fourth-order valence-electron chi connectivity index (χ4n) is 3.05. The van der Waals surface area contributed by atoms with Gasteiger partial charge in [-0.05, 0) is 12.1 Å². The van der Waals surface area contributed by atoms with Gasteiger partial charge in [0.25, 0.3) is 5.91 Å². The molecule has 1 unspecified atom stereocenters. The number of benzene rings is 2. The number of amides is 2. The summed E-state index contributed by atoms with van der Waals surface area (Å²) in [4.78, 5) is 24.9. The quantitative estimate of drug-likeness (QED) is 0.618. The summed E-state index contributed by atoms with van der Waals surface area (Å²) in [5, 5.41) is 8.90. The summed E-state index contributed by atoms with van der Waals surface area (Å²) in [6.45, 7) is 1.88. The molecular weight excluding hydrogens is 410 g/mol. The molecule has 0 bridgehead atoms. The Bertz CT molecular complexity index is 857. The van der Waals surface area contributed by atoms with E-state index < -0.39 is 0 Å². The maximum absolute atomic E-state index is 12.5. The van der Waals surface area contributed by atoms with Gasteiger partial charge in [0.15, 0.2) is 0 Å². The molecule has 1 saturated heterocycles. The molecule has 1 aliphatic heterocycles. The van der Waals surface area contributed by atoms with Crippen LogP contribution in [0.5, 0.6) is 11.5 Å². The van der Waals surface area contributed by atoms with E-state index >= 15 is 0 Å². The molecule has 8 nitrogen and oxygen atoms in total. The minimum atomic E-state index is -0.272. The Hall–Kier alpha value is -2.81.